The molecular weight excluding hydrogens is 572 g/mol. The summed E-state index contributed by atoms with van der Waals surface area (Å²) in [6, 6.07) is -0.969. The van der Waals surface area contributed by atoms with E-state index in [2.05, 4.69) is 36.3 Å². The first-order chi connectivity index (χ1) is 18.7. The number of carbonyl (C=O) groups is 4. The number of hydrogen-bond acceptors (Lipinski definition) is 14. The van der Waals surface area contributed by atoms with E-state index in [0.717, 1.165) is 28.0 Å². The van der Waals surface area contributed by atoms with Crippen molar-refractivity contribution in [3.63, 3.8) is 0 Å². The van der Waals surface area contributed by atoms with Gasteiger partial charge in [-0.05, 0) is 27.5 Å². The van der Waals surface area contributed by atoms with Gasteiger partial charge in [0.25, 0.3) is 11.8 Å². The lowest BCUT2D eigenvalue weighted by Crippen LogP contribution is -2.71. The van der Waals surface area contributed by atoms with Gasteiger partial charge in [-0.3, -0.25) is 19.3 Å². The van der Waals surface area contributed by atoms with Crippen LogP contribution in [0.15, 0.2) is 38.4 Å². The van der Waals surface area contributed by atoms with E-state index in [4.69, 9.17) is 10.6 Å². The fraction of sp³-hybridized carbons (Fsp3) is 0.350. The highest BCUT2D eigenvalue weighted by atomic mass is 32.2. The van der Waals surface area contributed by atoms with Crippen molar-refractivity contribution in [3.8, 4) is 0 Å². The van der Waals surface area contributed by atoms with Crippen molar-refractivity contribution in [2.75, 3.05) is 25.1 Å². The van der Waals surface area contributed by atoms with Crippen LogP contribution in [0.5, 0.6) is 0 Å². The number of oxime groups is 1. The fourth-order valence-electron chi connectivity index (χ4n) is 3.61. The van der Waals surface area contributed by atoms with Crippen LogP contribution in [-0.2, 0) is 30.6 Å². The van der Waals surface area contributed by atoms with Crippen LogP contribution in [0.25, 0.3) is 0 Å². The number of β-lactam (4-membered cyclic amide) rings is 1. The minimum atomic E-state index is -1.28. The number of fused-ring (bicyclic) bond motifs is 1. The molecule has 2 atom stereocenters. The normalized spacial score (nSPS) is 19.1. The van der Waals surface area contributed by atoms with Crippen LogP contribution in [0.1, 0.15) is 12.6 Å². The number of thioether (sulfide) groups is 2. The van der Waals surface area contributed by atoms with Crippen LogP contribution in [-0.4, -0.2) is 95.4 Å². The molecule has 2 aliphatic heterocycles. The van der Waals surface area contributed by atoms with Gasteiger partial charge in [0.2, 0.25) is 11.1 Å². The molecule has 2 unspecified atom stereocenters. The second-order valence-electron chi connectivity index (χ2n) is 7.82. The molecule has 16 nitrogen and oxygen atoms in total. The van der Waals surface area contributed by atoms with Gasteiger partial charge < -0.3 is 26.3 Å². The molecule has 1 saturated heterocycles. The molecule has 3 amide bonds. The highest BCUT2D eigenvalue weighted by Crippen LogP contribution is 2.41. The summed E-state index contributed by atoms with van der Waals surface area (Å²) in [7, 11) is 1.26. The number of aromatic nitrogens is 5. The van der Waals surface area contributed by atoms with Crippen molar-refractivity contribution in [2.24, 2.45) is 5.16 Å². The Labute approximate surface area is 233 Å². The lowest BCUT2D eigenvalue weighted by Gasteiger charge is -2.49. The van der Waals surface area contributed by atoms with E-state index in [0.29, 0.717) is 23.8 Å². The standard InChI is InChI=1S/C20H22N10O6S3/c1-9(31)22-4-5-29-20(25-27-28-29)37-6-3-10-7-38-17-13(16(33)30(17)14(10)18(34)35)24-15(32)12(26-36-2)11-8-39-19(21)23-11/h3,6,8,13,17H,4-5,7H2,1-2H3,(H2,21,23)(H,22,31)(H,24,32)(H,34,35). The first kappa shape index (κ1) is 28.0. The van der Waals surface area contributed by atoms with E-state index in [9.17, 15) is 24.3 Å². The molecule has 0 aliphatic carbocycles. The number of amides is 3. The van der Waals surface area contributed by atoms with E-state index >= 15 is 0 Å². The number of carboxylic acid groups (broad SMARTS) is 1. The Morgan fingerprint density at radius 1 is 1.41 bits per heavy atom. The van der Waals surface area contributed by atoms with Gasteiger partial charge in [0, 0.05) is 24.6 Å². The van der Waals surface area contributed by atoms with Gasteiger partial charge in [-0.25, -0.2) is 14.5 Å². The van der Waals surface area contributed by atoms with E-state index in [1.807, 2.05) is 0 Å². The molecule has 2 aromatic heterocycles. The largest absolute Gasteiger partial charge is 0.477 e. The number of thiazole rings is 1. The molecule has 0 radical (unpaired) electrons. The quantitative estimate of drug-likeness (QED) is 0.109. The van der Waals surface area contributed by atoms with Crippen LogP contribution in [0, 0.1) is 0 Å². The topological polar surface area (TPSA) is 220 Å². The molecule has 4 heterocycles. The Balaban J connectivity index is 1.44. The monoisotopic (exact) mass is 594 g/mol. The van der Waals surface area contributed by atoms with Gasteiger partial charge in [0.1, 0.15) is 29.9 Å². The van der Waals surface area contributed by atoms with Crippen molar-refractivity contribution in [1.82, 2.24) is 40.7 Å². The smallest absolute Gasteiger partial charge is 0.352 e. The molecule has 4 rings (SSSR count). The number of tetrazole rings is 1. The van der Waals surface area contributed by atoms with Gasteiger partial charge in [-0.15, -0.1) is 28.2 Å². The molecule has 2 aromatic rings. The SMILES string of the molecule is CON=C(C(=O)NC1C(=O)N2C(C(=O)O)=C(C=CSc3nnnn3CCNC(C)=O)CSC12)c1csc(N)n1. The molecule has 0 aromatic carbocycles. The zero-order chi connectivity index (χ0) is 28.1. The molecular formula is C20H22N10O6S3. The molecule has 206 valence electrons. The number of hydrogen-bond donors (Lipinski definition) is 4. The lowest BCUT2D eigenvalue weighted by molar-refractivity contribution is -0.150. The van der Waals surface area contributed by atoms with Crippen LogP contribution >= 0.6 is 34.9 Å². The predicted octanol–water partition coefficient (Wildman–Crippen LogP) is -0.757. The van der Waals surface area contributed by atoms with E-state index in [-0.39, 0.29) is 33.9 Å². The number of anilines is 1. The fourth-order valence-corrected chi connectivity index (χ4v) is 6.16. The molecule has 5 N–H and O–H groups in total. The maximum Gasteiger partial charge on any atom is 0.352 e. The van der Waals surface area contributed by atoms with Gasteiger partial charge >= 0.3 is 5.97 Å². The second-order valence-corrected chi connectivity index (χ2v) is 10.7. The number of nitrogens with zero attached hydrogens (tertiary/aromatic N) is 7. The van der Waals surface area contributed by atoms with Gasteiger partial charge in [0.05, 0.1) is 6.54 Å². The average Bonchev–Trinajstić information content (AvgIpc) is 3.53. The molecule has 0 saturated carbocycles. The Bertz CT molecular complexity index is 1390. The molecule has 2 aliphatic rings. The number of nitrogens with one attached hydrogen (secondary N) is 2. The van der Waals surface area contributed by atoms with Gasteiger partial charge in [-0.2, -0.15) is 0 Å². The summed E-state index contributed by atoms with van der Waals surface area (Å²) in [6.07, 6.45) is 1.58. The van der Waals surface area contributed by atoms with Gasteiger partial charge in [-0.1, -0.05) is 16.9 Å². The molecule has 0 spiro atoms. The third-order valence-corrected chi connectivity index (χ3v) is 8.04. The summed E-state index contributed by atoms with van der Waals surface area (Å²) >= 11 is 3.57. The summed E-state index contributed by atoms with van der Waals surface area (Å²) in [5.74, 6) is -2.46. The highest BCUT2D eigenvalue weighted by molar-refractivity contribution is 8.02. The van der Waals surface area contributed by atoms with E-state index in [1.165, 1.54) is 35.9 Å². The Morgan fingerprint density at radius 3 is 2.87 bits per heavy atom. The number of carbonyl (C=O) groups excluding carboxylic acids is 3. The minimum absolute atomic E-state index is 0.161. The van der Waals surface area contributed by atoms with Crippen LogP contribution in [0.2, 0.25) is 0 Å². The first-order valence-electron chi connectivity index (χ1n) is 11.1. The highest BCUT2D eigenvalue weighted by Gasteiger charge is 2.54. The van der Waals surface area contributed by atoms with Crippen LogP contribution in [0.3, 0.4) is 0 Å². The predicted molar refractivity (Wildman–Crippen MR) is 141 cm³/mol. The zero-order valence-corrected chi connectivity index (χ0v) is 22.9. The number of carboxylic acids is 1. The molecule has 1 fully saturated rings. The average molecular weight is 595 g/mol. The second kappa shape index (κ2) is 12.3. The third kappa shape index (κ3) is 6.20. The Kier molecular flexibility index (Phi) is 8.82. The van der Waals surface area contributed by atoms with Crippen molar-refractivity contribution in [1.29, 1.82) is 0 Å². The molecule has 39 heavy (non-hydrogen) atoms. The van der Waals surface area contributed by atoms with E-state index < -0.39 is 29.2 Å². The maximum absolute atomic E-state index is 13.0. The minimum Gasteiger partial charge on any atom is -0.477 e. The first-order valence-corrected chi connectivity index (χ1v) is 13.9. The summed E-state index contributed by atoms with van der Waals surface area (Å²) in [6.45, 7) is 2.10. The van der Waals surface area contributed by atoms with Gasteiger partial charge in [0.15, 0.2) is 10.8 Å². The Morgan fingerprint density at radius 2 is 2.21 bits per heavy atom. The van der Waals surface area contributed by atoms with Crippen LogP contribution in [0.4, 0.5) is 5.13 Å². The lowest BCUT2D eigenvalue weighted by atomic mass is 10.0. The summed E-state index contributed by atoms with van der Waals surface area (Å²) in [4.78, 5) is 58.9. The summed E-state index contributed by atoms with van der Waals surface area (Å²) < 4.78 is 1.50. The van der Waals surface area contributed by atoms with Crippen LogP contribution < -0.4 is 16.4 Å². The Hall–Kier alpha value is -3.97. The number of aliphatic carboxylic acids is 1. The summed E-state index contributed by atoms with van der Waals surface area (Å²) in [5.41, 5.74) is 5.90. The molecule has 0 bridgehead atoms. The number of rotatable bonds is 11. The van der Waals surface area contributed by atoms with Crippen molar-refractivity contribution >= 4 is 69.4 Å². The molecule has 19 heteroatoms. The maximum atomic E-state index is 13.0. The van der Waals surface area contributed by atoms with Crippen molar-refractivity contribution < 1.29 is 29.1 Å². The number of nitrogens with two attached hydrogens (primary N) is 1. The van der Waals surface area contributed by atoms with E-state index in [1.54, 1.807) is 11.5 Å². The van der Waals surface area contributed by atoms with Crippen molar-refractivity contribution in [2.45, 2.75) is 30.0 Å². The summed E-state index contributed by atoms with van der Waals surface area (Å²) in [5, 5.41) is 33.4. The zero-order valence-electron chi connectivity index (χ0n) is 20.4. The van der Waals surface area contributed by atoms with Crippen molar-refractivity contribution in [3.05, 3.63) is 33.8 Å². The number of allylic oxidation sites excluding steroid dienone is 1. The number of nitrogen functional groups attached to an aromatic ring is 1. The third-order valence-electron chi connectivity index (χ3n) is 5.29.